The highest BCUT2D eigenvalue weighted by molar-refractivity contribution is 6.17. The second-order valence-corrected chi connectivity index (χ2v) is 14.2. The monoisotopic (exact) mass is 747 g/mol. The molecule has 0 bridgehead atoms. The number of fused-ring (bicyclic) bond motifs is 6. The summed E-state index contributed by atoms with van der Waals surface area (Å²) in [6.45, 7) is 0. The predicted octanol–water partition coefficient (Wildman–Crippen LogP) is 16.0. The Kier molecular flexibility index (Phi) is 6.38. The SMILES string of the molecule is [2H]c1c([2H])c(N(c2ccccc2-c2cccc3c2oc2c4ccccc4ccc32)c2c([2H])c([2H])c(-c3cccc4ccccc34)c([2H])c2[2H])c([2H])c([2H])c1-c1ccc(-c2ccccc2)cc1. The molecule has 2 heteroatoms. The Bertz CT molecular complexity index is 3690. The van der Waals surface area contributed by atoms with Crippen LogP contribution in [-0.4, -0.2) is 0 Å². The van der Waals surface area contributed by atoms with E-state index in [1.165, 1.54) is 4.90 Å². The molecule has 0 saturated carbocycles. The Morgan fingerprint density at radius 2 is 0.810 bits per heavy atom. The first-order chi connectivity index (χ1) is 32.1. The molecule has 0 aliphatic rings. The van der Waals surface area contributed by atoms with Gasteiger partial charge in [0, 0.05) is 38.7 Å². The lowest BCUT2D eigenvalue weighted by molar-refractivity contribution is 0.674. The summed E-state index contributed by atoms with van der Waals surface area (Å²) in [4.78, 5) is 1.38. The fraction of sp³-hybridized carbons (Fsp3) is 0. The molecular formula is C56H37NO. The van der Waals surface area contributed by atoms with E-state index in [0.29, 0.717) is 39.1 Å². The molecule has 0 fully saturated rings. The normalized spacial score (nSPS) is 13.4. The van der Waals surface area contributed by atoms with Crippen LogP contribution in [0.15, 0.2) is 229 Å². The van der Waals surface area contributed by atoms with Crippen LogP contribution >= 0.6 is 0 Å². The van der Waals surface area contributed by atoms with E-state index in [-0.39, 0.29) is 46.7 Å². The lowest BCUT2D eigenvalue weighted by Crippen LogP contribution is -2.11. The van der Waals surface area contributed by atoms with Crippen LogP contribution in [0.2, 0.25) is 0 Å². The fourth-order valence-electron chi connectivity index (χ4n) is 8.01. The Labute approximate surface area is 348 Å². The van der Waals surface area contributed by atoms with Gasteiger partial charge in [0.1, 0.15) is 11.2 Å². The van der Waals surface area contributed by atoms with Crippen LogP contribution in [0.5, 0.6) is 0 Å². The summed E-state index contributed by atoms with van der Waals surface area (Å²) >= 11 is 0. The maximum atomic E-state index is 9.77. The molecule has 0 atom stereocenters. The topological polar surface area (TPSA) is 16.4 Å². The number of para-hydroxylation sites is 2. The third-order valence-corrected chi connectivity index (χ3v) is 10.8. The predicted molar refractivity (Wildman–Crippen MR) is 245 cm³/mol. The summed E-state index contributed by atoms with van der Waals surface area (Å²) in [5.74, 6) is 0. The van der Waals surface area contributed by atoms with Gasteiger partial charge >= 0.3 is 0 Å². The maximum absolute atomic E-state index is 9.77. The molecule has 1 heterocycles. The Balaban J connectivity index is 1.18. The maximum Gasteiger partial charge on any atom is 0.143 e. The highest BCUT2D eigenvalue weighted by atomic mass is 16.3. The summed E-state index contributed by atoms with van der Waals surface area (Å²) < 4.78 is 84.0. The number of furan rings is 1. The second-order valence-electron chi connectivity index (χ2n) is 14.2. The first-order valence-electron chi connectivity index (χ1n) is 23.2. The van der Waals surface area contributed by atoms with E-state index < -0.39 is 24.2 Å². The lowest BCUT2D eigenvalue weighted by atomic mass is 9.97. The molecule has 2 nitrogen and oxygen atoms in total. The van der Waals surface area contributed by atoms with E-state index in [4.69, 9.17) is 4.42 Å². The fourth-order valence-corrected chi connectivity index (χ4v) is 8.01. The van der Waals surface area contributed by atoms with Crippen molar-refractivity contribution in [1.29, 1.82) is 0 Å². The third-order valence-electron chi connectivity index (χ3n) is 10.8. The van der Waals surface area contributed by atoms with E-state index in [1.807, 2.05) is 140 Å². The van der Waals surface area contributed by atoms with Gasteiger partial charge in [0.25, 0.3) is 0 Å². The molecule has 0 saturated heterocycles. The van der Waals surface area contributed by atoms with E-state index in [1.54, 1.807) is 30.3 Å². The van der Waals surface area contributed by atoms with Crippen LogP contribution < -0.4 is 4.90 Å². The Hall–Kier alpha value is -7.68. The Morgan fingerprint density at radius 3 is 1.57 bits per heavy atom. The minimum Gasteiger partial charge on any atom is -0.455 e. The van der Waals surface area contributed by atoms with Crippen molar-refractivity contribution in [2.45, 2.75) is 0 Å². The average molecular weight is 748 g/mol. The first-order valence-corrected chi connectivity index (χ1v) is 19.2. The standard InChI is InChI=1S/C56H37NO/c1-2-12-38(13-3-1)39-24-26-40(27-25-39)41-28-33-45(34-29-41)57(46-35-30-44(31-36-46)48-20-10-16-42-14-4-6-17-47(42)48)54-23-9-8-19-50(54)51-21-11-22-52-53-37-32-43-15-5-7-18-49(43)55(53)58-56(51)52/h1-37H/i28D,29D,30D,31D,33D,34D,35D,36D. The summed E-state index contributed by atoms with van der Waals surface area (Å²) in [6, 6.07) is 52.4. The molecule has 0 N–H and O–H groups in total. The highest BCUT2D eigenvalue weighted by Gasteiger charge is 2.21. The van der Waals surface area contributed by atoms with E-state index >= 15 is 0 Å². The summed E-state index contributed by atoms with van der Waals surface area (Å²) in [5, 5.41) is 5.36. The van der Waals surface area contributed by atoms with Crippen LogP contribution in [0.1, 0.15) is 11.0 Å². The highest BCUT2D eigenvalue weighted by Crippen LogP contribution is 2.45. The average Bonchev–Trinajstić information content (AvgIpc) is 3.75. The van der Waals surface area contributed by atoms with Crippen molar-refractivity contribution in [1.82, 2.24) is 0 Å². The number of hydrogen-bond donors (Lipinski definition) is 0. The van der Waals surface area contributed by atoms with E-state index in [0.717, 1.165) is 43.4 Å². The molecule has 1 aromatic heterocycles. The molecule has 58 heavy (non-hydrogen) atoms. The van der Waals surface area contributed by atoms with Gasteiger partial charge < -0.3 is 9.32 Å². The van der Waals surface area contributed by atoms with Crippen molar-refractivity contribution in [3.8, 4) is 44.5 Å². The molecule has 11 rings (SSSR count). The molecule has 0 unspecified atom stereocenters. The molecule has 0 aliphatic heterocycles. The minimum atomic E-state index is -0.420. The van der Waals surface area contributed by atoms with Crippen molar-refractivity contribution in [2.75, 3.05) is 4.90 Å². The lowest BCUT2D eigenvalue weighted by Gasteiger charge is -2.28. The number of anilines is 3. The summed E-state index contributed by atoms with van der Waals surface area (Å²) in [5.41, 5.74) is 5.42. The van der Waals surface area contributed by atoms with Gasteiger partial charge in [-0.25, -0.2) is 0 Å². The molecule has 0 amide bonds. The van der Waals surface area contributed by atoms with Gasteiger partial charge in [-0.2, -0.15) is 0 Å². The van der Waals surface area contributed by atoms with Crippen molar-refractivity contribution < 1.29 is 15.4 Å². The molecule has 0 aliphatic carbocycles. The quantitative estimate of drug-likeness (QED) is 0.161. The molecule has 0 radical (unpaired) electrons. The van der Waals surface area contributed by atoms with Gasteiger partial charge in [0.2, 0.25) is 0 Å². The van der Waals surface area contributed by atoms with Crippen LogP contribution in [0.4, 0.5) is 17.1 Å². The first kappa shape index (κ1) is 26.2. The summed E-state index contributed by atoms with van der Waals surface area (Å²) in [7, 11) is 0. The van der Waals surface area contributed by atoms with Gasteiger partial charge in [0.15, 0.2) is 0 Å². The third kappa shape index (κ3) is 5.82. The minimum absolute atomic E-state index is 0.0896. The van der Waals surface area contributed by atoms with Crippen LogP contribution in [0, 0.1) is 0 Å². The number of benzene rings is 10. The zero-order valence-corrected chi connectivity index (χ0v) is 31.1. The zero-order valence-electron chi connectivity index (χ0n) is 39.1. The van der Waals surface area contributed by atoms with Gasteiger partial charge in [-0.1, -0.05) is 188 Å². The largest absolute Gasteiger partial charge is 0.455 e. The zero-order chi connectivity index (χ0) is 45.4. The van der Waals surface area contributed by atoms with Crippen molar-refractivity contribution in [3.63, 3.8) is 0 Å². The number of hydrogen-bond acceptors (Lipinski definition) is 2. The van der Waals surface area contributed by atoms with Crippen molar-refractivity contribution in [2.24, 2.45) is 0 Å². The molecule has 272 valence electrons. The molecule has 11 aromatic rings. The van der Waals surface area contributed by atoms with Gasteiger partial charge in [0.05, 0.1) is 16.7 Å². The van der Waals surface area contributed by atoms with E-state index in [9.17, 15) is 11.0 Å². The van der Waals surface area contributed by atoms with Crippen LogP contribution in [-0.2, 0) is 0 Å². The van der Waals surface area contributed by atoms with Gasteiger partial charge in [-0.15, -0.1) is 0 Å². The van der Waals surface area contributed by atoms with Crippen LogP contribution in [0.3, 0.4) is 0 Å². The summed E-state index contributed by atoms with van der Waals surface area (Å²) in [6.07, 6.45) is 0. The second kappa shape index (κ2) is 14.1. The molecular weight excluding hydrogens is 703 g/mol. The molecule has 10 aromatic carbocycles. The van der Waals surface area contributed by atoms with E-state index in [2.05, 4.69) is 6.07 Å². The van der Waals surface area contributed by atoms with Gasteiger partial charge in [-0.05, 0) is 85.8 Å². The number of nitrogens with zero attached hydrogens (tertiary/aromatic N) is 1. The van der Waals surface area contributed by atoms with Crippen molar-refractivity contribution in [3.05, 3.63) is 224 Å². The van der Waals surface area contributed by atoms with Crippen molar-refractivity contribution >= 4 is 60.5 Å². The van der Waals surface area contributed by atoms with Crippen LogP contribution in [0.25, 0.3) is 88.0 Å². The Morgan fingerprint density at radius 1 is 0.310 bits per heavy atom. The van der Waals surface area contributed by atoms with Gasteiger partial charge in [-0.3, -0.25) is 0 Å². The molecule has 0 spiro atoms. The smallest absolute Gasteiger partial charge is 0.143 e. The number of rotatable bonds is 7.